The van der Waals surface area contributed by atoms with E-state index >= 15 is 0 Å². The van der Waals surface area contributed by atoms with Crippen LogP contribution in [-0.4, -0.2) is 93.3 Å². The zero-order chi connectivity index (χ0) is 39.1. The second-order valence-corrected chi connectivity index (χ2v) is 15.7. The van der Waals surface area contributed by atoms with Crippen molar-refractivity contribution in [2.45, 2.75) is 128 Å². The van der Waals surface area contributed by atoms with Crippen LogP contribution < -0.4 is 0 Å². The molecular weight excluding hydrogens is 716 g/mol. The molecule has 11 heteroatoms. The molecule has 7 rings (SSSR count). The lowest BCUT2D eigenvalue weighted by Crippen LogP contribution is -2.61. The van der Waals surface area contributed by atoms with E-state index in [2.05, 4.69) is 44.7 Å². The molecule has 0 bridgehead atoms. The van der Waals surface area contributed by atoms with Gasteiger partial charge in [-0.1, -0.05) is 111 Å². The maximum Gasteiger partial charge on any atom is 0.187 e. The first-order valence-electron chi connectivity index (χ1n) is 19.9. The van der Waals surface area contributed by atoms with Gasteiger partial charge in [0.15, 0.2) is 24.7 Å². The van der Waals surface area contributed by atoms with Crippen molar-refractivity contribution < 1.29 is 52.1 Å². The van der Waals surface area contributed by atoms with E-state index in [-0.39, 0.29) is 36.8 Å². The van der Waals surface area contributed by atoms with E-state index in [4.69, 9.17) is 52.1 Å². The molecule has 4 aliphatic heterocycles. The molecule has 0 saturated carbocycles. The van der Waals surface area contributed by atoms with Crippen molar-refractivity contribution in [3.8, 4) is 0 Å². The summed E-state index contributed by atoms with van der Waals surface area (Å²) in [7, 11) is 0. The molecular formula is C45H58O11. The molecule has 4 aliphatic rings. The monoisotopic (exact) mass is 774 g/mol. The molecule has 304 valence electrons. The van der Waals surface area contributed by atoms with Crippen LogP contribution in [0.3, 0.4) is 0 Å². The van der Waals surface area contributed by atoms with Gasteiger partial charge < -0.3 is 52.1 Å². The third-order valence-corrected chi connectivity index (χ3v) is 10.9. The Labute approximate surface area is 331 Å². The van der Waals surface area contributed by atoms with Gasteiger partial charge in [-0.15, -0.1) is 6.58 Å². The van der Waals surface area contributed by atoms with Gasteiger partial charge in [-0.05, 0) is 37.5 Å². The Morgan fingerprint density at radius 1 is 0.589 bits per heavy atom. The number of hydrogen-bond acceptors (Lipinski definition) is 11. The molecule has 0 aliphatic carbocycles. The Bertz CT molecular complexity index is 1630. The van der Waals surface area contributed by atoms with Gasteiger partial charge >= 0.3 is 0 Å². The van der Waals surface area contributed by atoms with Gasteiger partial charge in [-0.3, -0.25) is 0 Å². The lowest BCUT2D eigenvalue weighted by Gasteiger charge is -2.47. The van der Waals surface area contributed by atoms with Crippen molar-refractivity contribution in [3.05, 3.63) is 120 Å². The van der Waals surface area contributed by atoms with E-state index in [1.807, 2.05) is 87.5 Å². The van der Waals surface area contributed by atoms with Crippen LogP contribution in [0, 0.1) is 11.8 Å². The van der Waals surface area contributed by atoms with Crippen LogP contribution in [0.4, 0.5) is 0 Å². The number of ether oxygens (including phenoxy) is 11. The van der Waals surface area contributed by atoms with Gasteiger partial charge in [0.2, 0.25) is 0 Å². The molecule has 4 fully saturated rings. The van der Waals surface area contributed by atoms with E-state index < -0.39 is 55.2 Å². The predicted molar refractivity (Wildman–Crippen MR) is 207 cm³/mol. The van der Waals surface area contributed by atoms with Crippen molar-refractivity contribution in [2.24, 2.45) is 11.8 Å². The van der Waals surface area contributed by atoms with Gasteiger partial charge in [0, 0.05) is 11.8 Å². The van der Waals surface area contributed by atoms with Crippen molar-refractivity contribution in [2.75, 3.05) is 19.8 Å². The summed E-state index contributed by atoms with van der Waals surface area (Å²) in [6, 6.07) is 30.4. The Balaban J connectivity index is 1.08. The molecule has 4 saturated heterocycles. The lowest BCUT2D eigenvalue weighted by atomic mass is 9.93. The highest BCUT2D eigenvalue weighted by Crippen LogP contribution is 2.41. The zero-order valence-corrected chi connectivity index (χ0v) is 33.2. The Morgan fingerprint density at radius 3 is 1.59 bits per heavy atom. The quantitative estimate of drug-likeness (QED) is 0.141. The zero-order valence-electron chi connectivity index (χ0n) is 33.2. The van der Waals surface area contributed by atoms with Gasteiger partial charge in [0.25, 0.3) is 0 Å². The minimum absolute atomic E-state index is 0.191. The van der Waals surface area contributed by atoms with Crippen LogP contribution in [0.2, 0.25) is 0 Å². The van der Waals surface area contributed by atoms with Crippen molar-refractivity contribution in [1.29, 1.82) is 0 Å². The first-order chi connectivity index (χ1) is 27.2. The number of benzene rings is 3. The van der Waals surface area contributed by atoms with Crippen molar-refractivity contribution in [1.82, 2.24) is 0 Å². The summed E-state index contributed by atoms with van der Waals surface area (Å²) in [5.41, 5.74) is 3.23. The van der Waals surface area contributed by atoms with Crippen molar-refractivity contribution in [3.63, 3.8) is 0 Å². The van der Waals surface area contributed by atoms with E-state index in [9.17, 15) is 0 Å². The maximum absolute atomic E-state index is 7.02. The Hall–Kier alpha value is -3.04. The third-order valence-electron chi connectivity index (χ3n) is 10.9. The minimum atomic E-state index is -0.850. The summed E-state index contributed by atoms with van der Waals surface area (Å²) in [4.78, 5) is 0. The molecule has 0 N–H and O–H groups in total. The second-order valence-electron chi connectivity index (χ2n) is 15.7. The summed E-state index contributed by atoms with van der Waals surface area (Å²) in [6.07, 6.45) is -3.56. The molecule has 56 heavy (non-hydrogen) atoms. The van der Waals surface area contributed by atoms with Crippen LogP contribution in [0.1, 0.15) is 51.3 Å². The topological polar surface area (TPSA) is 102 Å². The predicted octanol–water partition coefficient (Wildman–Crippen LogP) is 6.97. The smallest absolute Gasteiger partial charge is 0.187 e. The largest absolute Gasteiger partial charge is 0.370 e. The first kappa shape index (κ1) is 41.1. The molecule has 0 amide bonds. The summed E-state index contributed by atoms with van der Waals surface area (Å²) in [5, 5.41) is 0. The summed E-state index contributed by atoms with van der Waals surface area (Å²) < 4.78 is 71.5. The number of hydrogen-bond donors (Lipinski definition) is 0. The summed E-state index contributed by atoms with van der Waals surface area (Å²) >= 11 is 0. The van der Waals surface area contributed by atoms with Crippen LogP contribution in [0.15, 0.2) is 104 Å². The third kappa shape index (κ3) is 10.1. The van der Waals surface area contributed by atoms with Gasteiger partial charge in [0.1, 0.15) is 30.5 Å². The highest BCUT2D eigenvalue weighted by Gasteiger charge is 2.57. The number of rotatable bonds is 16. The minimum Gasteiger partial charge on any atom is -0.370 e. The molecule has 3 aromatic rings. The second kappa shape index (κ2) is 19.1. The van der Waals surface area contributed by atoms with Crippen LogP contribution in [-0.2, 0) is 71.9 Å². The van der Waals surface area contributed by atoms with Crippen molar-refractivity contribution >= 4 is 0 Å². The fraction of sp³-hybridized carbons (Fsp3) is 0.556. The molecule has 7 unspecified atom stereocenters. The Kier molecular flexibility index (Phi) is 14.1. The van der Waals surface area contributed by atoms with Crippen LogP contribution >= 0.6 is 0 Å². The van der Waals surface area contributed by atoms with E-state index in [1.54, 1.807) is 6.08 Å². The maximum atomic E-state index is 7.02. The lowest BCUT2D eigenvalue weighted by molar-refractivity contribution is -0.345. The summed E-state index contributed by atoms with van der Waals surface area (Å²) in [6.45, 7) is 15.8. The fourth-order valence-corrected chi connectivity index (χ4v) is 7.97. The Morgan fingerprint density at radius 2 is 1.05 bits per heavy atom. The summed E-state index contributed by atoms with van der Waals surface area (Å²) in [5.74, 6) is -1.33. The standard InChI is InChI=1S/C45H58O11/c1-7-23-46-44-41-40(55-45(5,6)56-41)39(31(4)52-44)54-43-30(3)38(36(28-51-43)48-25-33-19-13-9-14-20-33)53-42-29(2)37(49-26-34-21-15-10-16-22-34)35(27-50-42)47-24-32-17-11-8-12-18-32/h7-22,29-31,35-44H,1,23-28H2,2-6H3/t29?,30?,31?,35-,36-,37?,38?,39+,40?,41?,42+,43+,44-/m1/s1. The van der Waals surface area contributed by atoms with E-state index in [0.717, 1.165) is 16.7 Å². The van der Waals surface area contributed by atoms with Crippen LogP contribution in [0.25, 0.3) is 0 Å². The molecule has 0 radical (unpaired) electrons. The van der Waals surface area contributed by atoms with Crippen LogP contribution in [0.5, 0.6) is 0 Å². The first-order valence-corrected chi connectivity index (χ1v) is 19.9. The molecule has 13 atom stereocenters. The molecule has 0 spiro atoms. The number of fused-ring (bicyclic) bond motifs is 1. The highest BCUT2D eigenvalue weighted by atomic mass is 16.8. The van der Waals surface area contributed by atoms with Gasteiger partial charge in [-0.25, -0.2) is 0 Å². The average molecular weight is 775 g/mol. The highest BCUT2D eigenvalue weighted by molar-refractivity contribution is 5.15. The SMILES string of the molecule is C=CCO[C@@H]1OC(C)[C@H](O[C@@H]2OC[C@@H](OCc3ccccc3)C(O[C@@H]3OC[C@@H](OCc4ccccc4)C(OCc4ccccc4)C3C)C2C)C2OC(C)(C)OC21. The van der Waals surface area contributed by atoms with Gasteiger partial charge in [0.05, 0.1) is 58.0 Å². The normalized spacial score (nSPS) is 35.5. The fourth-order valence-electron chi connectivity index (χ4n) is 7.97. The van der Waals surface area contributed by atoms with E-state index in [1.165, 1.54) is 0 Å². The molecule has 4 heterocycles. The molecule has 11 nitrogen and oxygen atoms in total. The molecule has 3 aromatic carbocycles. The van der Waals surface area contributed by atoms with Gasteiger partial charge in [-0.2, -0.15) is 0 Å². The average Bonchev–Trinajstić information content (AvgIpc) is 3.54. The van der Waals surface area contributed by atoms with E-state index in [0.29, 0.717) is 33.0 Å². The molecule has 0 aromatic heterocycles.